The van der Waals surface area contributed by atoms with Crippen LogP contribution in [0.5, 0.6) is 5.75 Å². The number of halogens is 1. The van der Waals surface area contributed by atoms with Gasteiger partial charge in [0.25, 0.3) is 0 Å². The second-order valence-corrected chi connectivity index (χ2v) is 6.87. The van der Waals surface area contributed by atoms with E-state index in [9.17, 15) is 9.18 Å². The van der Waals surface area contributed by atoms with Crippen LogP contribution >= 0.6 is 0 Å². The van der Waals surface area contributed by atoms with Gasteiger partial charge in [0.15, 0.2) is 0 Å². The molecule has 1 aliphatic rings. The SMILES string of the molecule is CC(=O)N(Cc1cccc(OCCc2ccccc2F)c1)C[C@H]1CCCO1. The Balaban J connectivity index is 1.55. The summed E-state index contributed by atoms with van der Waals surface area (Å²) in [5.41, 5.74) is 1.65. The molecule has 1 fully saturated rings. The normalized spacial score (nSPS) is 16.3. The summed E-state index contributed by atoms with van der Waals surface area (Å²) in [5.74, 6) is 0.557. The van der Waals surface area contributed by atoms with Gasteiger partial charge in [-0.15, -0.1) is 0 Å². The maximum atomic E-state index is 13.7. The number of nitrogens with zero attached hydrogens (tertiary/aromatic N) is 1. The van der Waals surface area contributed by atoms with Gasteiger partial charge in [0.2, 0.25) is 5.91 Å². The van der Waals surface area contributed by atoms with Crippen molar-refractivity contribution in [3.8, 4) is 5.75 Å². The predicted octanol–water partition coefficient (Wildman–Crippen LogP) is 3.97. The van der Waals surface area contributed by atoms with Crippen LogP contribution in [0.15, 0.2) is 48.5 Å². The van der Waals surface area contributed by atoms with Crippen molar-refractivity contribution < 1.29 is 18.7 Å². The van der Waals surface area contributed by atoms with Crippen molar-refractivity contribution in [2.45, 2.75) is 38.8 Å². The molecule has 3 rings (SSSR count). The Morgan fingerprint density at radius 1 is 1.26 bits per heavy atom. The molecule has 5 heteroatoms. The van der Waals surface area contributed by atoms with Gasteiger partial charge in [0.05, 0.1) is 12.7 Å². The van der Waals surface area contributed by atoms with Crippen molar-refractivity contribution in [3.05, 3.63) is 65.5 Å². The average molecular weight is 371 g/mol. The predicted molar refractivity (Wildman–Crippen MR) is 102 cm³/mol. The Morgan fingerprint density at radius 2 is 2.11 bits per heavy atom. The lowest BCUT2D eigenvalue weighted by Crippen LogP contribution is -2.35. The number of amides is 1. The third-order valence-corrected chi connectivity index (χ3v) is 4.76. The van der Waals surface area contributed by atoms with Gasteiger partial charge >= 0.3 is 0 Å². The molecule has 27 heavy (non-hydrogen) atoms. The van der Waals surface area contributed by atoms with E-state index in [1.165, 1.54) is 6.07 Å². The minimum Gasteiger partial charge on any atom is -0.493 e. The molecule has 0 bridgehead atoms. The van der Waals surface area contributed by atoms with Crippen LogP contribution in [0.3, 0.4) is 0 Å². The largest absolute Gasteiger partial charge is 0.493 e. The first-order chi connectivity index (χ1) is 13.1. The maximum Gasteiger partial charge on any atom is 0.219 e. The number of hydrogen-bond acceptors (Lipinski definition) is 3. The van der Waals surface area contributed by atoms with Gasteiger partial charge in [0.1, 0.15) is 11.6 Å². The first-order valence-corrected chi connectivity index (χ1v) is 9.44. The molecule has 0 unspecified atom stereocenters. The third kappa shape index (κ3) is 5.79. The van der Waals surface area contributed by atoms with Crippen molar-refractivity contribution in [1.29, 1.82) is 0 Å². The Morgan fingerprint density at radius 3 is 2.85 bits per heavy atom. The molecule has 0 aliphatic carbocycles. The van der Waals surface area contributed by atoms with E-state index in [-0.39, 0.29) is 17.8 Å². The first-order valence-electron chi connectivity index (χ1n) is 9.44. The van der Waals surface area contributed by atoms with E-state index >= 15 is 0 Å². The average Bonchev–Trinajstić information content (AvgIpc) is 3.16. The summed E-state index contributed by atoms with van der Waals surface area (Å²) in [4.78, 5) is 13.8. The van der Waals surface area contributed by atoms with Crippen molar-refractivity contribution >= 4 is 5.91 Å². The summed E-state index contributed by atoms with van der Waals surface area (Å²) in [7, 11) is 0. The lowest BCUT2D eigenvalue weighted by atomic mass is 10.1. The van der Waals surface area contributed by atoms with Crippen LogP contribution in [0.4, 0.5) is 4.39 Å². The minimum atomic E-state index is -0.207. The molecule has 2 aromatic rings. The number of carbonyl (C=O) groups excluding carboxylic acids is 1. The topological polar surface area (TPSA) is 38.8 Å². The number of rotatable bonds is 8. The lowest BCUT2D eigenvalue weighted by molar-refractivity contribution is -0.131. The molecule has 1 heterocycles. The van der Waals surface area contributed by atoms with Crippen LogP contribution in [0.2, 0.25) is 0 Å². The van der Waals surface area contributed by atoms with E-state index in [2.05, 4.69) is 0 Å². The number of ether oxygens (including phenoxy) is 2. The summed E-state index contributed by atoms with van der Waals surface area (Å²) in [5, 5.41) is 0. The summed E-state index contributed by atoms with van der Waals surface area (Å²) in [6.07, 6.45) is 2.70. The fourth-order valence-corrected chi connectivity index (χ4v) is 3.27. The Labute approximate surface area is 159 Å². The second-order valence-electron chi connectivity index (χ2n) is 6.87. The molecule has 0 aromatic heterocycles. The van der Waals surface area contributed by atoms with Crippen LogP contribution in [0.25, 0.3) is 0 Å². The van der Waals surface area contributed by atoms with Gasteiger partial charge < -0.3 is 14.4 Å². The van der Waals surface area contributed by atoms with E-state index in [1.54, 1.807) is 19.1 Å². The smallest absolute Gasteiger partial charge is 0.219 e. The molecule has 2 aromatic carbocycles. The molecule has 0 saturated carbocycles. The quantitative estimate of drug-likeness (QED) is 0.705. The Kier molecular flexibility index (Phi) is 6.82. The molecule has 4 nitrogen and oxygen atoms in total. The molecular formula is C22H26FNO3. The Hall–Kier alpha value is -2.40. The summed E-state index contributed by atoms with van der Waals surface area (Å²) in [6.45, 7) is 3.91. The Bertz CT molecular complexity index is 759. The molecule has 0 spiro atoms. The number of hydrogen-bond donors (Lipinski definition) is 0. The summed E-state index contributed by atoms with van der Waals surface area (Å²) < 4.78 is 25.1. The monoisotopic (exact) mass is 371 g/mol. The highest BCUT2D eigenvalue weighted by Crippen LogP contribution is 2.18. The van der Waals surface area contributed by atoms with E-state index in [1.807, 2.05) is 35.2 Å². The van der Waals surface area contributed by atoms with Crippen molar-refractivity contribution in [3.63, 3.8) is 0 Å². The zero-order valence-corrected chi connectivity index (χ0v) is 15.7. The molecule has 0 N–H and O–H groups in total. The van der Waals surface area contributed by atoms with Gasteiger partial charge in [-0.2, -0.15) is 0 Å². The molecule has 1 atom stereocenters. The molecule has 1 saturated heterocycles. The molecule has 0 radical (unpaired) electrons. The third-order valence-electron chi connectivity index (χ3n) is 4.76. The van der Waals surface area contributed by atoms with Crippen molar-refractivity contribution in [2.24, 2.45) is 0 Å². The zero-order valence-electron chi connectivity index (χ0n) is 15.7. The highest BCUT2D eigenvalue weighted by Gasteiger charge is 2.21. The molecule has 144 valence electrons. The van der Waals surface area contributed by atoms with Crippen LogP contribution in [0, 0.1) is 5.82 Å². The number of carbonyl (C=O) groups is 1. The van der Waals surface area contributed by atoms with E-state index in [4.69, 9.17) is 9.47 Å². The zero-order chi connectivity index (χ0) is 19.1. The fraction of sp³-hybridized carbons (Fsp3) is 0.409. The van der Waals surface area contributed by atoms with E-state index in [0.717, 1.165) is 30.8 Å². The summed E-state index contributed by atoms with van der Waals surface area (Å²) >= 11 is 0. The van der Waals surface area contributed by atoms with Crippen LogP contribution < -0.4 is 4.74 Å². The first kappa shape index (κ1) is 19.4. The highest BCUT2D eigenvalue weighted by molar-refractivity contribution is 5.73. The molecular weight excluding hydrogens is 345 g/mol. The second kappa shape index (κ2) is 9.51. The lowest BCUT2D eigenvalue weighted by Gasteiger charge is -2.24. The standard InChI is InChI=1S/C22H26FNO3/c1-17(25)24(16-21-9-5-12-26-21)15-18-6-4-8-20(14-18)27-13-11-19-7-2-3-10-22(19)23/h2-4,6-8,10,14,21H,5,9,11-13,15-16H2,1H3/t21-/m1/s1. The minimum absolute atomic E-state index is 0.0383. The van der Waals surface area contributed by atoms with Crippen LogP contribution in [0.1, 0.15) is 30.9 Å². The van der Waals surface area contributed by atoms with E-state index in [0.29, 0.717) is 31.7 Å². The number of benzene rings is 2. The van der Waals surface area contributed by atoms with Gasteiger partial charge in [-0.3, -0.25) is 4.79 Å². The van der Waals surface area contributed by atoms with Crippen molar-refractivity contribution in [1.82, 2.24) is 4.90 Å². The maximum absolute atomic E-state index is 13.7. The van der Waals surface area contributed by atoms with Crippen LogP contribution in [-0.4, -0.2) is 36.7 Å². The molecule has 1 amide bonds. The van der Waals surface area contributed by atoms with Gasteiger partial charge in [0, 0.05) is 33.0 Å². The highest BCUT2D eigenvalue weighted by atomic mass is 19.1. The van der Waals surface area contributed by atoms with Crippen LogP contribution in [-0.2, 0) is 22.5 Å². The van der Waals surface area contributed by atoms with Gasteiger partial charge in [-0.1, -0.05) is 30.3 Å². The van der Waals surface area contributed by atoms with Gasteiger partial charge in [-0.25, -0.2) is 4.39 Å². The summed E-state index contributed by atoms with van der Waals surface area (Å²) in [6, 6.07) is 14.4. The van der Waals surface area contributed by atoms with Gasteiger partial charge in [-0.05, 0) is 42.2 Å². The van der Waals surface area contributed by atoms with E-state index < -0.39 is 0 Å². The molecule has 1 aliphatic heterocycles. The van der Waals surface area contributed by atoms with Crippen molar-refractivity contribution in [2.75, 3.05) is 19.8 Å². The fourth-order valence-electron chi connectivity index (χ4n) is 3.27.